The maximum atomic E-state index is 12.5. The van der Waals surface area contributed by atoms with Crippen LogP contribution in [0.15, 0.2) is 59.5 Å². The minimum absolute atomic E-state index is 0.0457. The lowest BCUT2D eigenvalue weighted by molar-refractivity contribution is -0.112. The molecule has 0 fully saturated rings. The van der Waals surface area contributed by atoms with Gasteiger partial charge in [0.2, 0.25) is 0 Å². The van der Waals surface area contributed by atoms with Crippen LogP contribution >= 0.6 is 11.3 Å². The van der Waals surface area contributed by atoms with Crippen LogP contribution in [-0.4, -0.2) is 10.9 Å². The summed E-state index contributed by atoms with van der Waals surface area (Å²) in [4.78, 5) is 16.9. The number of amides is 1. The fourth-order valence-corrected chi connectivity index (χ4v) is 3.36. The molecule has 0 aliphatic heterocycles. The third kappa shape index (κ3) is 4.73. The molecule has 4 nitrogen and oxygen atoms in total. The molecule has 0 radical (unpaired) electrons. The van der Waals surface area contributed by atoms with Crippen molar-refractivity contribution in [3.8, 4) is 17.3 Å². The molecule has 0 unspecified atom stereocenters. The summed E-state index contributed by atoms with van der Waals surface area (Å²) in [6.45, 7) is 6.28. The molecule has 0 atom stereocenters. The molecule has 0 aliphatic carbocycles. The predicted octanol–water partition coefficient (Wildman–Crippen LogP) is 5.79. The number of nitrogens with one attached hydrogen (secondary N) is 1. The van der Waals surface area contributed by atoms with Gasteiger partial charge in [-0.25, -0.2) is 4.98 Å². The summed E-state index contributed by atoms with van der Waals surface area (Å²) in [5, 5.41) is 14.5. The van der Waals surface area contributed by atoms with E-state index in [0.717, 1.165) is 16.8 Å². The fraction of sp³-hybridized carbons (Fsp3) is 0.174. The highest BCUT2D eigenvalue weighted by Gasteiger charge is 2.13. The molecule has 1 N–H and O–H groups in total. The van der Waals surface area contributed by atoms with E-state index in [1.807, 2.05) is 66.9 Å². The molecule has 28 heavy (non-hydrogen) atoms. The van der Waals surface area contributed by atoms with Gasteiger partial charge in [0.15, 0.2) is 5.13 Å². The van der Waals surface area contributed by atoms with E-state index in [1.165, 1.54) is 22.5 Å². The first-order valence-electron chi connectivity index (χ1n) is 9.02. The van der Waals surface area contributed by atoms with Crippen molar-refractivity contribution in [2.24, 2.45) is 0 Å². The number of carbonyl (C=O) groups is 1. The Morgan fingerprint density at radius 2 is 1.82 bits per heavy atom. The Labute approximate surface area is 169 Å². The summed E-state index contributed by atoms with van der Waals surface area (Å²) in [6.07, 6.45) is 1.59. The van der Waals surface area contributed by atoms with Gasteiger partial charge in [-0.05, 0) is 30.0 Å². The molecular weight excluding hydrogens is 366 g/mol. The van der Waals surface area contributed by atoms with Crippen LogP contribution in [0.2, 0.25) is 0 Å². The first-order chi connectivity index (χ1) is 13.5. The standard InChI is InChI=1S/C23H21N3OS/c1-15(2)18-10-6-17(7-11-18)12-20(13-24)22(27)26-23-25-21(14-28-23)19-8-4-16(3)5-9-19/h4-12,14-15H,1-3H3,(H,25,26,27). The van der Waals surface area contributed by atoms with Crippen LogP contribution in [0, 0.1) is 18.3 Å². The zero-order valence-electron chi connectivity index (χ0n) is 16.1. The number of benzene rings is 2. The van der Waals surface area contributed by atoms with Gasteiger partial charge >= 0.3 is 0 Å². The molecule has 0 spiro atoms. The number of thiazole rings is 1. The molecular formula is C23H21N3OS. The predicted molar refractivity (Wildman–Crippen MR) is 115 cm³/mol. The van der Waals surface area contributed by atoms with Crippen LogP contribution in [0.3, 0.4) is 0 Å². The van der Waals surface area contributed by atoms with Crippen molar-refractivity contribution in [3.63, 3.8) is 0 Å². The molecule has 0 saturated carbocycles. The number of nitrogens with zero attached hydrogens (tertiary/aromatic N) is 2. The summed E-state index contributed by atoms with van der Waals surface area (Å²) in [7, 11) is 0. The zero-order chi connectivity index (χ0) is 20.1. The smallest absolute Gasteiger partial charge is 0.268 e. The summed E-state index contributed by atoms with van der Waals surface area (Å²) >= 11 is 1.34. The van der Waals surface area contributed by atoms with Crippen molar-refractivity contribution in [1.82, 2.24) is 4.98 Å². The highest BCUT2D eigenvalue weighted by Crippen LogP contribution is 2.25. The fourth-order valence-electron chi connectivity index (χ4n) is 2.64. The lowest BCUT2D eigenvalue weighted by atomic mass is 10.0. The van der Waals surface area contributed by atoms with Gasteiger partial charge in [0, 0.05) is 10.9 Å². The number of carbonyl (C=O) groups excluding carboxylic acids is 1. The first-order valence-corrected chi connectivity index (χ1v) is 9.90. The SMILES string of the molecule is Cc1ccc(-c2csc(NC(=O)C(C#N)=Cc3ccc(C(C)C)cc3)n2)cc1. The van der Waals surface area contributed by atoms with Gasteiger partial charge in [-0.2, -0.15) is 5.26 Å². The molecule has 3 rings (SSSR count). The Bertz CT molecular complexity index is 1040. The van der Waals surface area contributed by atoms with E-state index in [-0.39, 0.29) is 5.57 Å². The second-order valence-corrected chi connectivity index (χ2v) is 7.71. The van der Waals surface area contributed by atoms with E-state index in [9.17, 15) is 10.1 Å². The van der Waals surface area contributed by atoms with Crippen LogP contribution in [0.5, 0.6) is 0 Å². The van der Waals surface area contributed by atoms with Crippen LogP contribution < -0.4 is 5.32 Å². The minimum Gasteiger partial charge on any atom is -0.297 e. The zero-order valence-corrected chi connectivity index (χ0v) is 16.9. The Morgan fingerprint density at radius 1 is 1.14 bits per heavy atom. The average molecular weight is 388 g/mol. The molecule has 3 aromatic rings. The summed E-state index contributed by atoms with van der Waals surface area (Å²) in [5.41, 5.74) is 5.04. The molecule has 0 bridgehead atoms. The average Bonchev–Trinajstić information content (AvgIpc) is 3.15. The van der Waals surface area contributed by atoms with Crippen molar-refractivity contribution in [2.45, 2.75) is 26.7 Å². The van der Waals surface area contributed by atoms with Gasteiger partial charge in [0.1, 0.15) is 11.6 Å². The molecule has 5 heteroatoms. The molecule has 0 aliphatic rings. The Hall–Kier alpha value is -3.23. The lowest BCUT2D eigenvalue weighted by Crippen LogP contribution is -2.13. The molecule has 0 saturated heterocycles. The third-order valence-electron chi connectivity index (χ3n) is 4.35. The topological polar surface area (TPSA) is 65.8 Å². The van der Waals surface area contributed by atoms with Crippen molar-refractivity contribution >= 4 is 28.5 Å². The van der Waals surface area contributed by atoms with Gasteiger partial charge in [-0.1, -0.05) is 67.9 Å². The van der Waals surface area contributed by atoms with E-state index in [2.05, 4.69) is 24.1 Å². The highest BCUT2D eigenvalue weighted by atomic mass is 32.1. The van der Waals surface area contributed by atoms with E-state index >= 15 is 0 Å². The van der Waals surface area contributed by atoms with E-state index < -0.39 is 5.91 Å². The molecule has 1 aromatic heterocycles. The van der Waals surface area contributed by atoms with E-state index in [1.54, 1.807) is 6.08 Å². The van der Waals surface area contributed by atoms with Gasteiger partial charge in [-0.15, -0.1) is 11.3 Å². The molecule has 140 valence electrons. The second-order valence-electron chi connectivity index (χ2n) is 6.85. The Kier molecular flexibility index (Phi) is 6.03. The minimum atomic E-state index is -0.458. The molecule has 2 aromatic carbocycles. The van der Waals surface area contributed by atoms with Gasteiger partial charge in [0.25, 0.3) is 5.91 Å². The molecule has 1 heterocycles. The van der Waals surface area contributed by atoms with Gasteiger partial charge < -0.3 is 0 Å². The number of aryl methyl sites for hydroxylation is 1. The van der Waals surface area contributed by atoms with Crippen LogP contribution in [0.25, 0.3) is 17.3 Å². The van der Waals surface area contributed by atoms with Crippen LogP contribution in [0.1, 0.15) is 36.5 Å². The lowest BCUT2D eigenvalue weighted by Gasteiger charge is -2.05. The van der Waals surface area contributed by atoms with Gasteiger partial charge in [0.05, 0.1) is 5.69 Å². The number of nitriles is 1. The quantitative estimate of drug-likeness (QED) is 0.445. The number of aromatic nitrogens is 1. The number of rotatable bonds is 5. The highest BCUT2D eigenvalue weighted by molar-refractivity contribution is 7.14. The third-order valence-corrected chi connectivity index (χ3v) is 5.11. The second kappa shape index (κ2) is 8.64. The van der Waals surface area contributed by atoms with Crippen LogP contribution in [0.4, 0.5) is 5.13 Å². The monoisotopic (exact) mass is 387 g/mol. The van der Waals surface area contributed by atoms with Crippen LogP contribution in [-0.2, 0) is 4.79 Å². The normalized spacial score (nSPS) is 11.3. The maximum absolute atomic E-state index is 12.5. The first kappa shape index (κ1) is 19.5. The van der Waals surface area contributed by atoms with Gasteiger partial charge in [-0.3, -0.25) is 10.1 Å². The van der Waals surface area contributed by atoms with Crippen molar-refractivity contribution < 1.29 is 4.79 Å². The van der Waals surface area contributed by atoms with Crippen molar-refractivity contribution in [1.29, 1.82) is 5.26 Å². The largest absolute Gasteiger partial charge is 0.297 e. The molecule has 1 amide bonds. The van der Waals surface area contributed by atoms with E-state index in [4.69, 9.17) is 0 Å². The number of hydrogen-bond acceptors (Lipinski definition) is 4. The maximum Gasteiger partial charge on any atom is 0.268 e. The Balaban J connectivity index is 1.74. The van der Waals surface area contributed by atoms with Crippen molar-refractivity contribution in [2.75, 3.05) is 5.32 Å². The summed E-state index contributed by atoms with van der Waals surface area (Å²) in [5.74, 6) is -0.0235. The van der Waals surface area contributed by atoms with Crippen molar-refractivity contribution in [3.05, 3.63) is 76.2 Å². The Morgan fingerprint density at radius 3 is 2.43 bits per heavy atom. The number of hydrogen-bond donors (Lipinski definition) is 1. The summed E-state index contributed by atoms with van der Waals surface area (Å²) in [6, 6.07) is 17.9. The van der Waals surface area contributed by atoms with E-state index in [0.29, 0.717) is 11.0 Å². The number of anilines is 1. The summed E-state index contributed by atoms with van der Waals surface area (Å²) < 4.78 is 0.